The minimum absolute atomic E-state index is 0.00122. The second-order valence-corrected chi connectivity index (χ2v) is 7.50. The molecule has 4 atom stereocenters. The second-order valence-electron chi connectivity index (χ2n) is 7.50. The van der Waals surface area contributed by atoms with Crippen LogP contribution in [0.4, 0.5) is 0 Å². The molecule has 2 N–H and O–H groups in total. The third-order valence-electron chi connectivity index (χ3n) is 5.63. The predicted octanol–water partition coefficient (Wildman–Crippen LogP) is 0.00220. The number of amides is 2. The van der Waals surface area contributed by atoms with Gasteiger partial charge in [0.25, 0.3) is 0 Å². The molecule has 1 saturated carbocycles. The third kappa shape index (κ3) is 5.39. The normalized spacial score (nSPS) is 30.7. The number of morpholine rings is 1. The predicted molar refractivity (Wildman–Crippen MR) is 93.0 cm³/mol. The highest BCUT2D eigenvalue weighted by Crippen LogP contribution is 2.37. The summed E-state index contributed by atoms with van der Waals surface area (Å²) >= 11 is 0. The van der Waals surface area contributed by atoms with Crippen LogP contribution in [0, 0.1) is 17.8 Å². The van der Waals surface area contributed by atoms with Crippen LogP contribution in [0.5, 0.6) is 0 Å². The lowest BCUT2D eigenvalue weighted by Crippen LogP contribution is -2.52. The van der Waals surface area contributed by atoms with E-state index in [9.17, 15) is 9.59 Å². The molecule has 0 radical (unpaired) electrons. The van der Waals surface area contributed by atoms with Crippen LogP contribution < -0.4 is 10.6 Å². The third-order valence-corrected chi connectivity index (χ3v) is 5.63. The molecule has 25 heavy (non-hydrogen) atoms. The molecule has 2 aliphatic heterocycles. The molecule has 1 aliphatic carbocycles. The molecule has 0 spiro atoms. The fourth-order valence-corrected chi connectivity index (χ4v) is 3.78. The zero-order valence-electron chi connectivity index (χ0n) is 15.2. The zero-order chi connectivity index (χ0) is 17.6. The number of nitrogens with zero attached hydrogens (tertiary/aromatic N) is 1. The Labute approximate surface area is 149 Å². The number of nitrogens with one attached hydrogen (secondary N) is 2. The van der Waals surface area contributed by atoms with Crippen LogP contribution in [-0.2, 0) is 19.1 Å². The van der Waals surface area contributed by atoms with Crippen LogP contribution >= 0.6 is 0 Å². The Bertz CT molecular complexity index is 461. The number of carbonyl (C=O) groups excluding carboxylic acids is 2. The van der Waals surface area contributed by atoms with Crippen molar-refractivity contribution in [1.29, 1.82) is 0 Å². The summed E-state index contributed by atoms with van der Waals surface area (Å²) < 4.78 is 11.0. The first-order valence-corrected chi connectivity index (χ1v) is 9.59. The first-order valence-electron chi connectivity index (χ1n) is 9.59. The van der Waals surface area contributed by atoms with Crippen LogP contribution in [0.1, 0.15) is 26.2 Å². The molecule has 7 nitrogen and oxygen atoms in total. The summed E-state index contributed by atoms with van der Waals surface area (Å²) in [6.07, 6.45) is 2.36. The highest BCUT2D eigenvalue weighted by molar-refractivity contribution is 5.82. The molecular formula is C18H31N3O4. The summed E-state index contributed by atoms with van der Waals surface area (Å²) in [6.45, 7) is 8.05. The monoisotopic (exact) mass is 353 g/mol. The van der Waals surface area contributed by atoms with Crippen molar-refractivity contribution in [3.05, 3.63) is 0 Å². The summed E-state index contributed by atoms with van der Waals surface area (Å²) in [5.41, 5.74) is 0. The number of hydrogen-bond acceptors (Lipinski definition) is 5. The molecular weight excluding hydrogens is 322 g/mol. The SMILES string of the molecule is C[C@@H]1C[C@@H]1C(=O)NCCC(=O)NC[C@@H]([C@@H]1CCOC1)N1CCOCC1. The van der Waals surface area contributed by atoms with Gasteiger partial charge in [0.05, 0.1) is 19.8 Å². The quantitative estimate of drug-likeness (QED) is 0.642. The van der Waals surface area contributed by atoms with Crippen molar-refractivity contribution < 1.29 is 19.1 Å². The number of rotatable bonds is 8. The molecule has 142 valence electrons. The molecule has 0 aromatic heterocycles. The van der Waals surface area contributed by atoms with Crippen LogP contribution in [0.2, 0.25) is 0 Å². The maximum absolute atomic E-state index is 12.1. The van der Waals surface area contributed by atoms with Gasteiger partial charge in [0, 0.05) is 57.1 Å². The Morgan fingerprint density at radius 3 is 2.56 bits per heavy atom. The summed E-state index contributed by atoms with van der Waals surface area (Å²) in [4.78, 5) is 26.3. The summed E-state index contributed by atoms with van der Waals surface area (Å²) in [6, 6.07) is 0.303. The van der Waals surface area contributed by atoms with E-state index >= 15 is 0 Å². The van der Waals surface area contributed by atoms with Crippen LogP contribution in [0.3, 0.4) is 0 Å². The highest BCUT2D eigenvalue weighted by Gasteiger charge is 2.38. The summed E-state index contributed by atoms with van der Waals surface area (Å²) in [5.74, 6) is 1.22. The van der Waals surface area contributed by atoms with Crippen molar-refractivity contribution >= 4 is 11.8 Å². The standard InChI is InChI=1S/C18H31N3O4/c1-13-10-15(13)18(23)19-4-2-17(22)20-11-16(14-3-7-25-12-14)21-5-8-24-9-6-21/h13-16H,2-12H2,1H3,(H,19,23)(H,20,22)/t13-,14-,15+,16+/m1/s1. The average molecular weight is 353 g/mol. The van der Waals surface area contributed by atoms with Gasteiger partial charge in [0.2, 0.25) is 11.8 Å². The van der Waals surface area contributed by atoms with Crippen molar-refractivity contribution in [2.45, 2.75) is 32.2 Å². The Morgan fingerprint density at radius 1 is 1.16 bits per heavy atom. The second kappa shape index (κ2) is 8.96. The Hall–Kier alpha value is -1.18. The van der Waals surface area contributed by atoms with Crippen LogP contribution in [0.15, 0.2) is 0 Å². The molecule has 7 heteroatoms. The molecule has 2 heterocycles. The Kier molecular flexibility index (Phi) is 6.67. The molecule has 0 aromatic rings. The first kappa shape index (κ1) is 18.6. The van der Waals surface area contributed by atoms with Crippen molar-refractivity contribution in [2.75, 3.05) is 52.6 Å². The minimum atomic E-state index is 0.00122. The topological polar surface area (TPSA) is 79.9 Å². The van der Waals surface area contributed by atoms with E-state index in [1.807, 2.05) is 0 Å². The zero-order valence-corrected chi connectivity index (χ0v) is 15.2. The van der Waals surface area contributed by atoms with E-state index in [2.05, 4.69) is 22.5 Å². The van der Waals surface area contributed by atoms with Gasteiger partial charge in [-0.3, -0.25) is 14.5 Å². The van der Waals surface area contributed by atoms with E-state index in [-0.39, 0.29) is 17.7 Å². The lowest BCUT2D eigenvalue weighted by molar-refractivity contribution is -0.123. The van der Waals surface area contributed by atoms with E-state index < -0.39 is 0 Å². The number of hydrogen-bond donors (Lipinski definition) is 2. The molecule has 3 rings (SSSR count). The molecule has 0 bridgehead atoms. The van der Waals surface area contributed by atoms with Gasteiger partial charge in [0.1, 0.15) is 0 Å². The first-order chi connectivity index (χ1) is 12.1. The van der Waals surface area contributed by atoms with E-state index in [0.717, 1.165) is 52.4 Å². The average Bonchev–Trinajstić information content (AvgIpc) is 3.12. The van der Waals surface area contributed by atoms with Gasteiger partial charge in [-0.25, -0.2) is 0 Å². The smallest absolute Gasteiger partial charge is 0.223 e. The maximum atomic E-state index is 12.1. The van der Waals surface area contributed by atoms with Gasteiger partial charge < -0.3 is 20.1 Å². The van der Waals surface area contributed by atoms with Gasteiger partial charge in [0.15, 0.2) is 0 Å². The summed E-state index contributed by atoms with van der Waals surface area (Å²) in [5, 5.41) is 5.92. The minimum Gasteiger partial charge on any atom is -0.381 e. The number of ether oxygens (including phenoxy) is 2. The van der Waals surface area contributed by atoms with Crippen LogP contribution in [-0.4, -0.2) is 75.4 Å². The Balaban J connectivity index is 1.38. The highest BCUT2D eigenvalue weighted by atomic mass is 16.5. The van der Waals surface area contributed by atoms with Gasteiger partial charge in [-0.15, -0.1) is 0 Å². The van der Waals surface area contributed by atoms with Crippen LogP contribution in [0.25, 0.3) is 0 Å². The van der Waals surface area contributed by atoms with E-state index in [0.29, 0.717) is 37.4 Å². The van der Waals surface area contributed by atoms with E-state index in [1.54, 1.807) is 0 Å². The maximum Gasteiger partial charge on any atom is 0.223 e. The van der Waals surface area contributed by atoms with Gasteiger partial charge in [-0.2, -0.15) is 0 Å². The molecule has 2 amide bonds. The number of carbonyl (C=O) groups is 2. The van der Waals surface area contributed by atoms with Crippen molar-refractivity contribution in [3.63, 3.8) is 0 Å². The fraction of sp³-hybridized carbons (Fsp3) is 0.889. The lowest BCUT2D eigenvalue weighted by atomic mass is 9.97. The fourth-order valence-electron chi connectivity index (χ4n) is 3.78. The van der Waals surface area contributed by atoms with Gasteiger partial charge >= 0.3 is 0 Å². The summed E-state index contributed by atoms with van der Waals surface area (Å²) in [7, 11) is 0. The lowest BCUT2D eigenvalue weighted by Gasteiger charge is -2.37. The van der Waals surface area contributed by atoms with Crippen molar-refractivity contribution in [1.82, 2.24) is 15.5 Å². The van der Waals surface area contributed by atoms with Gasteiger partial charge in [-0.1, -0.05) is 6.92 Å². The van der Waals surface area contributed by atoms with Gasteiger partial charge in [-0.05, 0) is 18.8 Å². The molecule has 2 saturated heterocycles. The Morgan fingerprint density at radius 2 is 1.92 bits per heavy atom. The largest absolute Gasteiger partial charge is 0.381 e. The molecule has 3 aliphatic rings. The van der Waals surface area contributed by atoms with E-state index in [4.69, 9.17) is 9.47 Å². The molecule has 0 unspecified atom stereocenters. The van der Waals surface area contributed by atoms with E-state index in [1.165, 1.54) is 0 Å². The van der Waals surface area contributed by atoms with Crippen molar-refractivity contribution in [3.8, 4) is 0 Å². The molecule has 3 fully saturated rings. The van der Waals surface area contributed by atoms with Crippen molar-refractivity contribution in [2.24, 2.45) is 17.8 Å². The molecule has 0 aromatic carbocycles.